The van der Waals surface area contributed by atoms with Gasteiger partial charge in [0.25, 0.3) is 10.2 Å². The van der Waals surface area contributed by atoms with Crippen LogP contribution in [0.3, 0.4) is 0 Å². The molecule has 1 atom stereocenters. The van der Waals surface area contributed by atoms with Crippen LogP contribution in [-0.4, -0.2) is 56.2 Å². The predicted octanol–water partition coefficient (Wildman–Crippen LogP) is 1.07. The number of piperidine rings is 1. The van der Waals surface area contributed by atoms with Crippen LogP contribution in [0.4, 0.5) is 5.69 Å². The van der Waals surface area contributed by atoms with Crippen LogP contribution >= 0.6 is 0 Å². The summed E-state index contributed by atoms with van der Waals surface area (Å²) >= 11 is 0. The molecule has 0 aromatic heterocycles. The number of hydrogen-bond acceptors (Lipinski definition) is 3. The Kier molecular flexibility index (Phi) is 5.97. The van der Waals surface area contributed by atoms with E-state index in [2.05, 4.69) is 10.3 Å². The number of nitrogens with one attached hydrogen (secondary N) is 1. The first kappa shape index (κ1) is 17.7. The minimum absolute atomic E-state index is 0.146. The quantitative estimate of drug-likeness (QED) is 0.620. The van der Waals surface area contributed by atoms with E-state index in [4.69, 9.17) is 5.73 Å². The number of anilines is 1. The van der Waals surface area contributed by atoms with Crippen LogP contribution in [0.1, 0.15) is 19.3 Å². The summed E-state index contributed by atoms with van der Waals surface area (Å²) in [4.78, 5) is 4.32. The zero-order valence-electron chi connectivity index (χ0n) is 13.6. The average Bonchev–Trinajstić information content (AvgIpc) is 2.54. The van der Waals surface area contributed by atoms with E-state index in [-0.39, 0.29) is 6.04 Å². The van der Waals surface area contributed by atoms with Gasteiger partial charge >= 0.3 is 0 Å². The molecule has 1 heterocycles. The molecule has 0 radical (unpaired) electrons. The molecule has 8 heteroatoms. The Hall–Kier alpha value is -1.64. The minimum Gasteiger partial charge on any atom is -0.370 e. The molecule has 0 spiro atoms. The molecular formula is C15H25N5O2S. The van der Waals surface area contributed by atoms with Gasteiger partial charge in [-0.1, -0.05) is 24.6 Å². The van der Waals surface area contributed by atoms with Gasteiger partial charge in [-0.3, -0.25) is 4.99 Å². The molecule has 1 aromatic rings. The number of nitrogens with zero attached hydrogens (tertiary/aromatic N) is 3. The van der Waals surface area contributed by atoms with Crippen molar-refractivity contribution < 1.29 is 8.42 Å². The number of benzene rings is 1. The van der Waals surface area contributed by atoms with Crippen LogP contribution in [0.25, 0.3) is 0 Å². The van der Waals surface area contributed by atoms with Gasteiger partial charge in [-0.2, -0.15) is 17.0 Å². The summed E-state index contributed by atoms with van der Waals surface area (Å²) in [5, 5.41) is 3.01. The number of para-hydroxylation sites is 1. The van der Waals surface area contributed by atoms with E-state index in [9.17, 15) is 8.42 Å². The van der Waals surface area contributed by atoms with Crippen molar-refractivity contribution in [3.8, 4) is 0 Å². The molecule has 0 saturated carbocycles. The molecule has 23 heavy (non-hydrogen) atoms. The van der Waals surface area contributed by atoms with Crippen LogP contribution in [0.5, 0.6) is 0 Å². The highest BCUT2D eigenvalue weighted by Gasteiger charge is 2.33. The zero-order valence-corrected chi connectivity index (χ0v) is 14.5. The Morgan fingerprint density at radius 1 is 1.35 bits per heavy atom. The molecule has 128 valence electrons. The molecule has 1 aliphatic rings. The van der Waals surface area contributed by atoms with E-state index in [0.29, 0.717) is 19.0 Å². The summed E-state index contributed by atoms with van der Waals surface area (Å²) in [6.07, 6.45) is 2.69. The summed E-state index contributed by atoms with van der Waals surface area (Å²) in [5.41, 5.74) is 6.75. The molecule has 7 nitrogen and oxygen atoms in total. The van der Waals surface area contributed by atoms with Gasteiger partial charge < -0.3 is 11.1 Å². The summed E-state index contributed by atoms with van der Waals surface area (Å²) in [6.45, 7) is 0.894. The second-order valence-corrected chi connectivity index (χ2v) is 7.86. The smallest absolute Gasteiger partial charge is 0.281 e. The molecule has 2 rings (SSSR count). The highest BCUT2D eigenvalue weighted by Crippen LogP contribution is 2.21. The fourth-order valence-electron chi connectivity index (χ4n) is 2.58. The minimum atomic E-state index is -3.42. The molecule has 1 fully saturated rings. The molecular weight excluding hydrogens is 314 g/mol. The maximum Gasteiger partial charge on any atom is 0.281 e. The predicted molar refractivity (Wildman–Crippen MR) is 93.5 cm³/mol. The van der Waals surface area contributed by atoms with E-state index in [0.717, 1.165) is 24.9 Å². The first-order valence-electron chi connectivity index (χ1n) is 7.72. The number of aliphatic imine (C=N–C) groups is 1. The van der Waals surface area contributed by atoms with Crippen molar-refractivity contribution in [1.29, 1.82) is 0 Å². The van der Waals surface area contributed by atoms with E-state index in [1.165, 1.54) is 8.61 Å². The lowest BCUT2D eigenvalue weighted by molar-refractivity contribution is 0.245. The van der Waals surface area contributed by atoms with Crippen molar-refractivity contribution in [2.24, 2.45) is 10.7 Å². The Morgan fingerprint density at radius 3 is 2.70 bits per heavy atom. The first-order chi connectivity index (χ1) is 10.9. The molecule has 0 bridgehead atoms. The van der Waals surface area contributed by atoms with Gasteiger partial charge in [-0.05, 0) is 25.0 Å². The second kappa shape index (κ2) is 7.76. The standard InChI is InChI=1S/C15H25N5O2S/c1-19(2)23(21,22)20-11-7-6-10-14(20)12-17-15(16)18-13-8-4-3-5-9-13/h3-5,8-9,14H,6-7,10-12H2,1-2H3,(H3,16,17,18). The summed E-state index contributed by atoms with van der Waals surface area (Å²) in [6, 6.07) is 9.37. The molecule has 1 saturated heterocycles. The van der Waals surface area contributed by atoms with Crippen molar-refractivity contribution in [3.05, 3.63) is 30.3 Å². The highest BCUT2D eigenvalue weighted by molar-refractivity contribution is 7.86. The number of rotatable bonds is 5. The lowest BCUT2D eigenvalue weighted by Crippen LogP contribution is -2.50. The lowest BCUT2D eigenvalue weighted by atomic mass is 10.1. The van der Waals surface area contributed by atoms with Crippen molar-refractivity contribution in [2.45, 2.75) is 25.3 Å². The summed E-state index contributed by atoms with van der Waals surface area (Å²) in [7, 11) is -0.317. The molecule has 0 amide bonds. The lowest BCUT2D eigenvalue weighted by Gasteiger charge is -2.35. The van der Waals surface area contributed by atoms with E-state index in [1.54, 1.807) is 14.1 Å². The third-order valence-electron chi connectivity index (χ3n) is 3.85. The molecule has 1 aromatic carbocycles. The summed E-state index contributed by atoms with van der Waals surface area (Å²) < 4.78 is 27.6. The second-order valence-electron chi connectivity index (χ2n) is 5.77. The van der Waals surface area contributed by atoms with Crippen molar-refractivity contribution >= 4 is 21.9 Å². The zero-order chi connectivity index (χ0) is 16.9. The average molecular weight is 339 g/mol. The fourth-order valence-corrected chi connectivity index (χ4v) is 3.91. The van der Waals surface area contributed by atoms with Gasteiger partial charge in [0.15, 0.2) is 5.96 Å². The Balaban J connectivity index is 2.03. The van der Waals surface area contributed by atoms with Gasteiger partial charge in [0.05, 0.1) is 6.54 Å². The topological polar surface area (TPSA) is 91.0 Å². The summed E-state index contributed by atoms with van der Waals surface area (Å²) in [5.74, 6) is 0.295. The number of nitrogens with two attached hydrogens (primary N) is 1. The van der Waals surface area contributed by atoms with Crippen molar-refractivity contribution in [2.75, 3.05) is 32.5 Å². The fraction of sp³-hybridized carbons (Fsp3) is 0.533. The van der Waals surface area contributed by atoms with Gasteiger partial charge in [0.2, 0.25) is 0 Å². The maximum absolute atomic E-state index is 12.4. The van der Waals surface area contributed by atoms with Gasteiger partial charge in [-0.25, -0.2) is 0 Å². The Labute approximate surface area is 138 Å². The molecule has 1 unspecified atom stereocenters. The highest BCUT2D eigenvalue weighted by atomic mass is 32.2. The Bertz CT molecular complexity index is 631. The van der Waals surface area contributed by atoms with Crippen LogP contribution in [0.2, 0.25) is 0 Å². The monoisotopic (exact) mass is 339 g/mol. The van der Waals surface area contributed by atoms with Crippen molar-refractivity contribution in [3.63, 3.8) is 0 Å². The normalized spacial score (nSPS) is 20.7. The van der Waals surface area contributed by atoms with Gasteiger partial charge in [0, 0.05) is 32.4 Å². The van der Waals surface area contributed by atoms with Crippen LogP contribution in [0.15, 0.2) is 35.3 Å². The Morgan fingerprint density at radius 2 is 2.04 bits per heavy atom. The van der Waals surface area contributed by atoms with Crippen LogP contribution < -0.4 is 11.1 Å². The van der Waals surface area contributed by atoms with Crippen LogP contribution in [0, 0.1) is 0 Å². The maximum atomic E-state index is 12.4. The van der Waals surface area contributed by atoms with E-state index in [1.807, 2.05) is 30.3 Å². The van der Waals surface area contributed by atoms with Crippen molar-refractivity contribution in [1.82, 2.24) is 8.61 Å². The number of guanidine groups is 1. The molecule has 3 N–H and O–H groups in total. The van der Waals surface area contributed by atoms with Crippen LogP contribution in [-0.2, 0) is 10.2 Å². The molecule has 0 aliphatic carbocycles. The SMILES string of the molecule is CN(C)S(=O)(=O)N1CCCCC1CN=C(N)Nc1ccccc1. The third-order valence-corrected chi connectivity index (χ3v) is 5.85. The van der Waals surface area contributed by atoms with Gasteiger partial charge in [-0.15, -0.1) is 0 Å². The first-order valence-corrected chi connectivity index (χ1v) is 9.12. The third kappa shape index (κ3) is 4.66. The van der Waals surface area contributed by atoms with Gasteiger partial charge in [0.1, 0.15) is 0 Å². The largest absolute Gasteiger partial charge is 0.370 e. The number of hydrogen-bond donors (Lipinski definition) is 2. The van der Waals surface area contributed by atoms with E-state index < -0.39 is 10.2 Å². The van der Waals surface area contributed by atoms with E-state index >= 15 is 0 Å². The molecule has 1 aliphatic heterocycles.